The maximum Gasteiger partial charge on any atom is 0.360 e. The molecule has 0 bridgehead atoms. The van der Waals surface area contributed by atoms with Crippen LogP contribution in [0.25, 0.3) is 11.0 Å². The third-order valence-electron chi connectivity index (χ3n) is 5.64. The lowest BCUT2D eigenvalue weighted by atomic mass is 9.99. The van der Waals surface area contributed by atoms with Gasteiger partial charge in [0.05, 0.1) is 11.4 Å². The largest absolute Gasteiger partial charge is 0.360 e. The number of rotatable bonds is 1. The third-order valence-corrected chi connectivity index (χ3v) is 5.64. The van der Waals surface area contributed by atoms with Gasteiger partial charge in [0.25, 0.3) is 0 Å². The predicted molar refractivity (Wildman–Crippen MR) is 101 cm³/mol. The summed E-state index contributed by atoms with van der Waals surface area (Å²) in [6.07, 6.45) is 0. The Labute approximate surface area is 147 Å². The molecule has 3 heterocycles. The van der Waals surface area contributed by atoms with Gasteiger partial charge in [-0.15, -0.1) is 4.98 Å². The molecule has 0 radical (unpaired) electrons. The van der Waals surface area contributed by atoms with Crippen LogP contribution in [0.2, 0.25) is 0 Å². The van der Waals surface area contributed by atoms with Crippen LogP contribution in [-0.2, 0) is 12.6 Å². The molecule has 2 aromatic heterocycles. The summed E-state index contributed by atoms with van der Waals surface area (Å²) in [5.74, 6) is 1.71. The van der Waals surface area contributed by atoms with Gasteiger partial charge in [0.2, 0.25) is 5.82 Å². The lowest BCUT2D eigenvalue weighted by Gasteiger charge is -2.18. The summed E-state index contributed by atoms with van der Waals surface area (Å²) in [6.45, 7) is 8.17. The van der Waals surface area contributed by atoms with Crippen molar-refractivity contribution in [2.75, 3.05) is 0 Å². The standard InChI is InChI=1S/C20H25N4/c1-12-13(2)18(22(7)14(12)3)23-15(4)20(5,6)24-17-11-9-8-10-16(17)21-19(23)24/h8-11H,1-7H3/q+1/i3D3. The molecule has 1 aliphatic rings. The highest BCUT2D eigenvalue weighted by Crippen LogP contribution is 2.40. The minimum absolute atomic E-state index is 0.268. The van der Waals surface area contributed by atoms with E-state index in [4.69, 9.17) is 9.10 Å². The Balaban J connectivity index is 2.10. The predicted octanol–water partition coefficient (Wildman–Crippen LogP) is 4.34. The molecule has 0 N–H and O–H groups in total. The fraction of sp³-hybridized carbons (Fsp3) is 0.400. The van der Waals surface area contributed by atoms with Gasteiger partial charge < -0.3 is 0 Å². The van der Waals surface area contributed by atoms with Crippen molar-refractivity contribution in [3.63, 3.8) is 0 Å². The lowest BCUT2D eigenvalue weighted by Crippen LogP contribution is -2.32. The molecule has 0 saturated carbocycles. The van der Waals surface area contributed by atoms with Gasteiger partial charge in [0.15, 0.2) is 5.52 Å². The molecule has 1 aliphatic heterocycles. The molecular formula is C20H25N4+. The fourth-order valence-electron chi connectivity index (χ4n) is 3.83. The topological polar surface area (TPSA) is 25.8 Å². The third kappa shape index (κ3) is 1.63. The first-order valence-corrected chi connectivity index (χ1v) is 8.26. The first kappa shape index (κ1) is 12.1. The van der Waals surface area contributed by atoms with E-state index in [9.17, 15) is 0 Å². The van der Waals surface area contributed by atoms with Crippen LogP contribution < -0.4 is 4.58 Å². The molecule has 0 spiro atoms. The summed E-state index contributed by atoms with van der Waals surface area (Å²) in [5.41, 5.74) is 5.05. The molecule has 4 nitrogen and oxygen atoms in total. The highest BCUT2D eigenvalue weighted by Gasteiger charge is 2.45. The number of hydrogen-bond acceptors (Lipinski definition) is 1. The van der Waals surface area contributed by atoms with Crippen LogP contribution in [0.5, 0.6) is 0 Å². The van der Waals surface area contributed by atoms with Gasteiger partial charge in [-0.1, -0.05) is 12.1 Å². The molecule has 0 aliphatic carbocycles. The molecule has 1 aromatic carbocycles. The average Bonchev–Trinajstić information content (AvgIpc) is 3.11. The Morgan fingerprint density at radius 2 is 1.83 bits per heavy atom. The quantitative estimate of drug-likeness (QED) is 0.611. The molecule has 0 unspecified atom stereocenters. The van der Waals surface area contributed by atoms with E-state index >= 15 is 0 Å². The van der Waals surface area contributed by atoms with E-state index in [1.54, 1.807) is 0 Å². The maximum absolute atomic E-state index is 7.96. The minimum atomic E-state index is -2.16. The van der Waals surface area contributed by atoms with Gasteiger partial charge in [-0.05, 0) is 59.2 Å². The first-order chi connectivity index (χ1) is 12.5. The zero-order valence-electron chi connectivity index (χ0n) is 18.1. The van der Waals surface area contributed by atoms with Crippen molar-refractivity contribution in [2.24, 2.45) is 7.05 Å². The van der Waals surface area contributed by atoms with E-state index in [1.807, 2.05) is 43.7 Å². The van der Waals surface area contributed by atoms with Gasteiger partial charge >= 0.3 is 5.95 Å². The summed E-state index contributed by atoms with van der Waals surface area (Å²) in [6, 6.07) is 8.11. The number of nitrogens with zero attached hydrogens (tertiary/aromatic N) is 4. The second-order valence-corrected chi connectivity index (χ2v) is 7.20. The van der Waals surface area contributed by atoms with Crippen molar-refractivity contribution in [1.82, 2.24) is 18.7 Å². The smallest absolute Gasteiger partial charge is 0.282 e. The summed E-state index contributed by atoms with van der Waals surface area (Å²) < 4.78 is 30.1. The Bertz CT molecular complexity index is 1130. The highest BCUT2D eigenvalue weighted by atomic mass is 15.4. The second kappa shape index (κ2) is 4.59. The Hall–Kier alpha value is -2.36. The van der Waals surface area contributed by atoms with Crippen LogP contribution >= 0.6 is 0 Å². The van der Waals surface area contributed by atoms with Gasteiger partial charge in [0, 0.05) is 16.7 Å². The minimum Gasteiger partial charge on any atom is -0.282 e. The van der Waals surface area contributed by atoms with Crippen LogP contribution in [0, 0.1) is 20.7 Å². The molecule has 24 heavy (non-hydrogen) atoms. The molecule has 0 amide bonds. The number of hydrogen-bond donors (Lipinski definition) is 0. The summed E-state index contributed by atoms with van der Waals surface area (Å²) >= 11 is 0. The Morgan fingerprint density at radius 3 is 2.50 bits per heavy atom. The van der Waals surface area contributed by atoms with E-state index in [2.05, 4.69) is 36.0 Å². The van der Waals surface area contributed by atoms with Gasteiger partial charge in [-0.25, -0.2) is 4.57 Å². The van der Waals surface area contributed by atoms with Gasteiger partial charge in [-0.2, -0.15) is 4.58 Å². The molecule has 0 fully saturated rings. The van der Waals surface area contributed by atoms with E-state index in [1.165, 1.54) is 0 Å². The van der Waals surface area contributed by atoms with Crippen LogP contribution in [0.4, 0.5) is 11.8 Å². The van der Waals surface area contributed by atoms with E-state index in [0.29, 0.717) is 5.69 Å². The SMILES string of the molecule is [2H]C([2H])([2H])c1c(C)c(C)c([N+]2=C(C)C(C)(C)n3c2nc2ccccc23)n1C. The van der Waals surface area contributed by atoms with E-state index < -0.39 is 6.85 Å². The van der Waals surface area contributed by atoms with E-state index in [-0.39, 0.29) is 5.54 Å². The molecule has 0 saturated heterocycles. The number of fused-ring (bicyclic) bond motifs is 3. The van der Waals surface area contributed by atoms with Crippen LogP contribution in [0.3, 0.4) is 0 Å². The number of benzene rings is 1. The summed E-state index contributed by atoms with van der Waals surface area (Å²) in [7, 11) is 1.84. The molecule has 4 heteroatoms. The zero-order chi connectivity index (χ0) is 19.9. The van der Waals surface area contributed by atoms with Gasteiger partial charge in [-0.3, -0.25) is 4.57 Å². The lowest BCUT2D eigenvalue weighted by molar-refractivity contribution is 0.528. The van der Waals surface area contributed by atoms with Crippen molar-refractivity contribution < 1.29 is 4.11 Å². The molecular weight excluding hydrogens is 296 g/mol. The summed E-state index contributed by atoms with van der Waals surface area (Å²) in [5, 5.41) is 0. The maximum atomic E-state index is 7.96. The van der Waals surface area contributed by atoms with Crippen LogP contribution in [0.15, 0.2) is 24.3 Å². The number of imidazole rings is 1. The van der Waals surface area contributed by atoms with Gasteiger partial charge in [0.1, 0.15) is 11.1 Å². The molecule has 0 atom stereocenters. The second-order valence-electron chi connectivity index (χ2n) is 7.20. The van der Waals surface area contributed by atoms with Crippen molar-refractivity contribution in [1.29, 1.82) is 0 Å². The average molecular weight is 324 g/mol. The van der Waals surface area contributed by atoms with Crippen molar-refractivity contribution in [3.8, 4) is 0 Å². The monoisotopic (exact) mass is 324 g/mol. The van der Waals surface area contributed by atoms with Crippen LogP contribution in [-0.4, -0.2) is 19.8 Å². The normalized spacial score (nSPS) is 18.7. The molecule has 124 valence electrons. The highest BCUT2D eigenvalue weighted by molar-refractivity contribution is 5.99. The van der Waals surface area contributed by atoms with Crippen molar-refractivity contribution in [2.45, 2.75) is 47.0 Å². The van der Waals surface area contributed by atoms with Crippen LogP contribution in [0.1, 0.15) is 41.7 Å². The Kier molecular flexibility index (Phi) is 2.31. The number of para-hydroxylation sites is 2. The number of aromatic nitrogens is 3. The first-order valence-electron chi connectivity index (χ1n) is 9.76. The fourth-order valence-corrected chi connectivity index (χ4v) is 3.83. The molecule has 3 aromatic rings. The summed E-state index contributed by atoms with van der Waals surface area (Å²) in [4.78, 5) is 4.89. The zero-order valence-corrected chi connectivity index (χ0v) is 15.1. The Morgan fingerprint density at radius 1 is 1.12 bits per heavy atom. The van der Waals surface area contributed by atoms with Crippen molar-refractivity contribution >= 4 is 28.5 Å². The van der Waals surface area contributed by atoms with Crippen molar-refractivity contribution in [3.05, 3.63) is 41.1 Å². The molecule has 4 rings (SSSR count). The van der Waals surface area contributed by atoms with E-state index in [0.717, 1.165) is 39.6 Å².